The molecule has 0 aliphatic heterocycles. The number of rotatable bonds is 3. The van der Waals surface area contributed by atoms with Gasteiger partial charge in [0.25, 0.3) is 5.91 Å². The smallest absolute Gasteiger partial charge is 0.260 e. The third kappa shape index (κ3) is 3.00. The summed E-state index contributed by atoms with van der Waals surface area (Å²) in [5, 5.41) is 2.75. The number of carbonyl (C=O) groups is 1. The quantitative estimate of drug-likeness (QED) is 0.883. The van der Waals surface area contributed by atoms with Crippen molar-refractivity contribution in [3.05, 3.63) is 45.8 Å². The Kier molecular flexibility index (Phi) is 4.42. The minimum atomic E-state index is -0.387. The number of nitrogens with one attached hydrogen (secondary N) is 1. The maximum Gasteiger partial charge on any atom is 0.260 e. The van der Waals surface area contributed by atoms with Gasteiger partial charge in [0, 0.05) is 0 Å². The predicted molar refractivity (Wildman–Crippen MR) is 77.7 cm³/mol. The lowest BCUT2D eigenvalue weighted by Crippen LogP contribution is -2.15. The van der Waals surface area contributed by atoms with Crippen LogP contribution >= 0.6 is 23.2 Å². The zero-order valence-corrected chi connectivity index (χ0v) is 12.3. The third-order valence-electron chi connectivity index (χ3n) is 2.58. The highest BCUT2D eigenvalue weighted by Crippen LogP contribution is 2.27. The molecule has 0 aliphatic rings. The van der Waals surface area contributed by atoms with Crippen molar-refractivity contribution in [1.82, 2.24) is 9.97 Å². The van der Waals surface area contributed by atoms with Crippen LogP contribution in [0.5, 0.6) is 5.75 Å². The first-order valence-electron chi connectivity index (χ1n) is 5.65. The van der Waals surface area contributed by atoms with Crippen LogP contribution < -0.4 is 10.1 Å². The molecule has 5 nitrogen and oxygen atoms in total. The van der Waals surface area contributed by atoms with Crippen molar-refractivity contribution in [2.75, 3.05) is 12.4 Å². The highest BCUT2D eigenvalue weighted by Gasteiger charge is 2.16. The second-order valence-corrected chi connectivity index (χ2v) is 4.72. The fourth-order valence-corrected chi connectivity index (χ4v) is 1.89. The number of hydrogen-bond acceptors (Lipinski definition) is 4. The van der Waals surface area contributed by atoms with Gasteiger partial charge in [-0.15, -0.1) is 0 Å². The van der Waals surface area contributed by atoms with E-state index in [2.05, 4.69) is 15.3 Å². The van der Waals surface area contributed by atoms with Gasteiger partial charge in [0.05, 0.1) is 12.7 Å². The SMILES string of the molecule is COc1ccc(C)cc1C(=O)Nc1ncnc(Cl)c1Cl. The van der Waals surface area contributed by atoms with E-state index in [4.69, 9.17) is 27.9 Å². The topological polar surface area (TPSA) is 64.1 Å². The van der Waals surface area contributed by atoms with Crippen molar-refractivity contribution in [1.29, 1.82) is 0 Å². The van der Waals surface area contributed by atoms with Gasteiger partial charge in [-0.3, -0.25) is 4.79 Å². The molecule has 0 atom stereocenters. The number of hydrogen-bond donors (Lipinski definition) is 1. The molecule has 0 fully saturated rings. The summed E-state index contributed by atoms with van der Waals surface area (Å²) in [5.74, 6) is 0.229. The number of aromatic nitrogens is 2. The van der Waals surface area contributed by atoms with Gasteiger partial charge in [-0.05, 0) is 19.1 Å². The Morgan fingerprint density at radius 2 is 2.05 bits per heavy atom. The summed E-state index contributed by atoms with van der Waals surface area (Å²) < 4.78 is 5.16. The molecule has 0 spiro atoms. The molecule has 7 heteroatoms. The monoisotopic (exact) mass is 311 g/mol. The van der Waals surface area contributed by atoms with E-state index in [1.54, 1.807) is 12.1 Å². The van der Waals surface area contributed by atoms with Gasteiger partial charge in [-0.1, -0.05) is 34.8 Å². The fraction of sp³-hybridized carbons (Fsp3) is 0.154. The average molecular weight is 312 g/mol. The van der Waals surface area contributed by atoms with Crippen LogP contribution in [0.3, 0.4) is 0 Å². The average Bonchev–Trinajstić information content (AvgIpc) is 2.43. The zero-order valence-electron chi connectivity index (χ0n) is 10.8. The molecule has 0 aliphatic carbocycles. The first-order valence-corrected chi connectivity index (χ1v) is 6.40. The number of aryl methyl sites for hydroxylation is 1. The summed E-state index contributed by atoms with van der Waals surface area (Å²) in [6.45, 7) is 1.88. The minimum Gasteiger partial charge on any atom is -0.496 e. The van der Waals surface area contributed by atoms with Crippen LogP contribution in [0.15, 0.2) is 24.5 Å². The number of halogens is 2. The molecule has 0 bridgehead atoms. The molecule has 2 rings (SSSR count). The van der Waals surface area contributed by atoms with E-state index < -0.39 is 0 Å². The number of nitrogens with zero attached hydrogens (tertiary/aromatic N) is 2. The first-order chi connectivity index (χ1) is 9.52. The van der Waals surface area contributed by atoms with Crippen molar-refractivity contribution < 1.29 is 9.53 Å². The summed E-state index contributed by atoms with van der Waals surface area (Å²) in [4.78, 5) is 19.9. The van der Waals surface area contributed by atoms with E-state index in [0.717, 1.165) is 5.56 Å². The van der Waals surface area contributed by atoms with Gasteiger partial charge >= 0.3 is 0 Å². The molecule has 1 aromatic heterocycles. The molecule has 20 heavy (non-hydrogen) atoms. The number of methoxy groups -OCH3 is 1. The Labute approximate surface area is 125 Å². The maximum absolute atomic E-state index is 12.3. The molecule has 1 aromatic carbocycles. The number of anilines is 1. The highest BCUT2D eigenvalue weighted by atomic mass is 35.5. The Morgan fingerprint density at radius 3 is 2.75 bits per heavy atom. The molecule has 1 heterocycles. The standard InChI is InChI=1S/C13H11Cl2N3O2/c1-7-3-4-9(20-2)8(5-7)13(19)18-12-10(14)11(15)16-6-17-12/h3-6H,1-2H3,(H,16,17,18,19). The largest absolute Gasteiger partial charge is 0.496 e. The minimum absolute atomic E-state index is 0.0770. The number of carbonyl (C=O) groups excluding carboxylic acids is 1. The second-order valence-electron chi connectivity index (χ2n) is 3.98. The summed E-state index contributed by atoms with van der Waals surface area (Å²) in [5.41, 5.74) is 1.32. The Bertz CT molecular complexity index is 662. The van der Waals surface area contributed by atoms with Crippen LogP contribution in [0.4, 0.5) is 5.82 Å². The lowest BCUT2D eigenvalue weighted by atomic mass is 10.1. The molecule has 0 saturated carbocycles. The van der Waals surface area contributed by atoms with Crippen LogP contribution in [-0.2, 0) is 0 Å². The van der Waals surface area contributed by atoms with E-state index in [1.165, 1.54) is 13.4 Å². The summed E-state index contributed by atoms with van der Waals surface area (Å²) in [7, 11) is 1.50. The first kappa shape index (κ1) is 14.6. The lowest BCUT2D eigenvalue weighted by molar-refractivity contribution is 0.102. The Hall–Kier alpha value is -1.85. The number of ether oxygens (including phenoxy) is 1. The maximum atomic E-state index is 12.3. The van der Waals surface area contributed by atoms with Crippen molar-refractivity contribution in [3.8, 4) is 5.75 Å². The normalized spacial score (nSPS) is 10.2. The van der Waals surface area contributed by atoms with Crippen molar-refractivity contribution in [3.63, 3.8) is 0 Å². The molecule has 0 unspecified atom stereocenters. The zero-order chi connectivity index (χ0) is 14.7. The number of amides is 1. The van der Waals surface area contributed by atoms with Crippen molar-refractivity contribution in [2.24, 2.45) is 0 Å². The van der Waals surface area contributed by atoms with E-state index in [9.17, 15) is 4.79 Å². The molecule has 1 amide bonds. The van der Waals surface area contributed by atoms with Crippen LogP contribution in [0, 0.1) is 6.92 Å². The summed E-state index contributed by atoms with van der Waals surface area (Å²) >= 11 is 11.7. The lowest BCUT2D eigenvalue weighted by Gasteiger charge is -2.10. The van der Waals surface area contributed by atoms with Crippen molar-refractivity contribution >= 4 is 34.9 Å². The third-order valence-corrected chi connectivity index (χ3v) is 3.32. The van der Waals surface area contributed by atoms with E-state index in [-0.39, 0.29) is 21.9 Å². The van der Waals surface area contributed by atoms with Gasteiger partial charge in [0.1, 0.15) is 17.1 Å². The van der Waals surface area contributed by atoms with E-state index in [1.807, 2.05) is 13.0 Å². The van der Waals surface area contributed by atoms with Crippen LogP contribution in [-0.4, -0.2) is 23.0 Å². The number of benzene rings is 1. The summed E-state index contributed by atoms with van der Waals surface area (Å²) in [6.07, 6.45) is 1.22. The Balaban J connectivity index is 2.33. The molecule has 0 saturated heterocycles. The summed E-state index contributed by atoms with van der Waals surface area (Å²) in [6, 6.07) is 5.29. The molecule has 1 N–H and O–H groups in total. The van der Waals surface area contributed by atoms with Crippen molar-refractivity contribution in [2.45, 2.75) is 6.92 Å². The predicted octanol–water partition coefficient (Wildman–Crippen LogP) is 3.35. The molecule has 104 valence electrons. The van der Waals surface area contributed by atoms with Gasteiger partial charge in [0.2, 0.25) is 0 Å². The van der Waals surface area contributed by atoms with Gasteiger partial charge in [0.15, 0.2) is 11.0 Å². The molecular formula is C13H11Cl2N3O2. The van der Waals surface area contributed by atoms with Gasteiger partial charge in [-0.2, -0.15) is 0 Å². The second kappa shape index (κ2) is 6.07. The van der Waals surface area contributed by atoms with E-state index >= 15 is 0 Å². The Morgan fingerprint density at radius 1 is 1.30 bits per heavy atom. The molecule has 0 radical (unpaired) electrons. The molecule has 2 aromatic rings. The van der Waals surface area contributed by atoms with Crippen LogP contribution in [0.2, 0.25) is 10.2 Å². The van der Waals surface area contributed by atoms with Gasteiger partial charge in [-0.25, -0.2) is 9.97 Å². The van der Waals surface area contributed by atoms with Crippen LogP contribution in [0.1, 0.15) is 15.9 Å². The highest BCUT2D eigenvalue weighted by molar-refractivity contribution is 6.43. The fourth-order valence-electron chi connectivity index (χ4n) is 1.61. The molecular weight excluding hydrogens is 301 g/mol. The van der Waals surface area contributed by atoms with E-state index in [0.29, 0.717) is 11.3 Å². The van der Waals surface area contributed by atoms with Gasteiger partial charge < -0.3 is 10.1 Å². The van der Waals surface area contributed by atoms with Crippen LogP contribution in [0.25, 0.3) is 0 Å².